The van der Waals surface area contributed by atoms with E-state index in [1.807, 2.05) is 0 Å². The van der Waals surface area contributed by atoms with E-state index in [0.717, 1.165) is 12.2 Å². The highest BCUT2D eigenvalue weighted by Gasteiger charge is 2.05. The van der Waals surface area contributed by atoms with Gasteiger partial charge in [0.2, 0.25) is 0 Å². The summed E-state index contributed by atoms with van der Waals surface area (Å²) in [5, 5.41) is 3.43. The van der Waals surface area contributed by atoms with Gasteiger partial charge in [-0.3, -0.25) is 0 Å². The maximum absolute atomic E-state index is 5.03. The van der Waals surface area contributed by atoms with Gasteiger partial charge in [-0.15, -0.1) is 0 Å². The molecule has 0 heterocycles. The number of rotatable bonds is 20. The summed E-state index contributed by atoms with van der Waals surface area (Å²) in [6.07, 6.45) is 19.7. The zero-order chi connectivity index (χ0) is 19.3. The van der Waals surface area contributed by atoms with Crippen LogP contribution in [0, 0.1) is 0 Å². The van der Waals surface area contributed by atoms with Crippen LogP contribution >= 0.6 is 0 Å². The Labute approximate surface area is 165 Å². The summed E-state index contributed by atoms with van der Waals surface area (Å²) in [4.78, 5) is 2.71. The van der Waals surface area contributed by atoms with Crippen LogP contribution < -0.4 is 5.32 Å². The second-order valence-corrected chi connectivity index (χ2v) is 7.69. The lowest BCUT2D eigenvalue weighted by Crippen LogP contribution is -2.29. The van der Waals surface area contributed by atoms with Crippen molar-refractivity contribution in [3.63, 3.8) is 0 Å². The van der Waals surface area contributed by atoms with Crippen molar-refractivity contribution in [3.8, 4) is 0 Å². The zero-order valence-electron chi connectivity index (χ0n) is 18.5. The molecule has 0 radical (unpaired) electrons. The minimum atomic E-state index is 1.04. The van der Waals surface area contributed by atoms with E-state index in [-0.39, 0.29) is 0 Å². The van der Waals surface area contributed by atoms with Gasteiger partial charge in [0.1, 0.15) is 6.26 Å². The number of unbranched alkanes of at least 4 members (excludes halogenated alkanes) is 10. The molecule has 0 aromatic carbocycles. The van der Waals surface area contributed by atoms with Crippen molar-refractivity contribution in [2.45, 2.75) is 104 Å². The van der Waals surface area contributed by atoms with E-state index in [1.165, 1.54) is 103 Å². The summed E-state index contributed by atoms with van der Waals surface area (Å²) < 4.78 is 5.03. The third-order valence-corrected chi connectivity index (χ3v) is 5.01. The molecule has 0 aliphatic rings. The fraction of sp³-hybridized carbons (Fsp3) is 0.913. The molecule has 3 nitrogen and oxygen atoms in total. The van der Waals surface area contributed by atoms with Crippen molar-refractivity contribution in [1.29, 1.82) is 0 Å². The van der Waals surface area contributed by atoms with E-state index >= 15 is 0 Å². The first-order valence-corrected chi connectivity index (χ1v) is 11.4. The molecule has 0 fully saturated rings. The lowest BCUT2D eigenvalue weighted by molar-refractivity contribution is 0.256. The van der Waals surface area contributed by atoms with Crippen LogP contribution in [0.5, 0.6) is 0 Å². The molecule has 0 atom stereocenters. The van der Waals surface area contributed by atoms with Crippen LogP contribution in [0.2, 0.25) is 0 Å². The fourth-order valence-electron chi connectivity index (χ4n) is 3.37. The molecule has 0 aromatic heterocycles. The number of ether oxygens (including phenoxy) is 1. The minimum Gasteiger partial charge on any atom is -0.503 e. The van der Waals surface area contributed by atoms with Crippen LogP contribution in [0.1, 0.15) is 104 Å². The molecule has 0 saturated carbocycles. The topological polar surface area (TPSA) is 24.5 Å². The van der Waals surface area contributed by atoms with Crippen molar-refractivity contribution in [1.82, 2.24) is 10.2 Å². The van der Waals surface area contributed by atoms with Gasteiger partial charge in [0.05, 0.1) is 7.11 Å². The van der Waals surface area contributed by atoms with Crippen LogP contribution in [0.15, 0.2) is 12.0 Å². The van der Waals surface area contributed by atoms with Crippen molar-refractivity contribution in [2.75, 3.05) is 33.3 Å². The summed E-state index contributed by atoms with van der Waals surface area (Å²) in [6, 6.07) is 0. The number of hydrogen-bond donors (Lipinski definition) is 1. The van der Waals surface area contributed by atoms with E-state index in [2.05, 4.69) is 31.0 Å². The Morgan fingerprint density at radius 1 is 0.731 bits per heavy atom. The van der Waals surface area contributed by atoms with Crippen molar-refractivity contribution in [3.05, 3.63) is 12.0 Å². The first kappa shape index (κ1) is 25.3. The Hall–Kier alpha value is -0.700. The van der Waals surface area contributed by atoms with Gasteiger partial charge in [-0.25, -0.2) is 0 Å². The average Bonchev–Trinajstić information content (AvgIpc) is 2.64. The molecule has 0 amide bonds. The Balaban J connectivity index is 3.92. The molecule has 0 rings (SSSR count). The molecule has 0 spiro atoms. The second-order valence-electron chi connectivity index (χ2n) is 7.69. The van der Waals surface area contributed by atoms with Gasteiger partial charge in [-0.2, -0.15) is 0 Å². The predicted octanol–water partition coefficient (Wildman–Crippen LogP) is 6.50. The van der Waals surface area contributed by atoms with E-state index < -0.39 is 0 Å². The van der Waals surface area contributed by atoms with E-state index in [0.29, 0.717) is 0 Å². The van der Waals surface area contributed by atoms with Crippen LogP contribution in [-0.4, -0.2) is 38.2 Å². The van der Waals surface area contributed by atoms with Gasteiger partial charge in [0.25, 0.3) is 0 Å². The van der Waals surface area contributed by atoms with Gasteiger partial charge < -0.3 is 15.0 Å². The van der Waals surface area contributed by atoms with Gasteiger partial charge in [-0.05, 0) is 45.8 Å². The first-order chi connectivity index (χ1) is 12.7. The fourth-order valence-corrected chi connectivity index (χ4v) is 3.37. The van der Waals surface area contributed by atoms with Gasteiger partial charge >= 0.3 is 0 Å². The highest BCUT2D eigenvalue weighted by atomic mass is 16.5. The standard InChI is InChI=1S/C23H48N2O/c1-5-7-9-11-13-15-19-25(20-16-14-12-10-8-6-2)21-17-18-24-23(3)22-26-4/h22,24H,5-21H2,1-4H3/b23-22+. The van der Waals surface area contributed by atoms with Gasteiger partial charge in [0.15, 0.2) is 0 Å². The van der Waals surface area contributed by atoms with Crippen molar-refractivity contribution in [2.24, 2.45) is 0 Å². The van der Waals surface area contributed by atoms with Crippen LogP contribution in [0.25, 0.3) is 0 Å². The maximum atomic E-state index is 5.03. The Bertz CT molecular complexity index is 289. The number of nitrogens with one attached hydrogen (secondary N) is 1. The zero-order valence-corrected chi connectivity index (χ0v) is 18.5. The Morgan fingerprint density at radius 2 is 1.19 bits per heavy atom. The molecule has 0 unspecified atom stereocenters. The second kappa shape index (κ2) is 20.6. The van der Waals surface area contributed by atoms with E-state index in [9.17, 15) is 0 Å². The van der Waals surface area contributed by atoms with Crippen LogP contribution in [0.4, 0.5) is 0 Å². The maximum Gasteiger partial charge on any atom is 0.101 e. The SMILES string of the molecule is CCCCCCCCN(CCCCCCCC)CCCN/C(C)=C/OC. The number of nitrogens with zero attached hydrogens (tertiary/aromatic N) is 1. The Kier molecular flexibility index (Phi) is 20.1. The molecule has 156 valence electrons. The summed E-state index contributed by atoms with van der Waals surface area (Å²) in [7, 11) is 1.70. The largest absolute Gasteiger partial charge is 0.503 e. The van der Waals surface area contributed by atoms with Crippen LogP contribution in [-0.2, 0) is 4.74 Å². The first-order valence-electron chi connectivity index (χ1n) is 11.4. The van der Waals surface area contributed by atoms with Gasteiger partial charge in [-0.1, -0.05) is 78.1 Å². The lowest BCUT2D eigenvalue weighted by Gasteiger charge is -2.22. The molecule has 0 saturated heterocycles. The molecule has 26 heavy (non-hydrogen) atoms. The third kappa shape index (κ3) is 18.1. The average molecular weight is 369 g/mol. The van der Waals surface area contributed by atoms with E-state index in [1.54, 1.807) is 13.4 Å². The van der Waals surface area contributed by atoms with E-state index in [4.69, 9.17) is 4.74 Å². The molecule has 0 bridgehead atoms. The molecular weight excluding hydrogens is 320 g/mol. The molecule has 0 aliphatic carbocycles. The number of methoxy groups -OCH3 is 1. The third-order valence-electron chi connectivity index (χ3n) is 5.01. The molecule has 0 aromatic rings. The normalized spacial score (nSPS) is 12.0. The predicted molar refractivity (Wildman–Crippen MR) is 117 cm³/mol. The molecular formula is C23H48N2O. The van der Waals surface area contributed by atoms with Crippen molar-refractivity contribution >= 4 is 0 Å². The number of allylic oxidation sites excluding steroid dienone is 1. The summed E-state index contributed by atoms with van der Waals surface area (Å²) in [5.41, 5.74) is 1.12. The minimum absolute atomic E-state index is 1.04. The summed E-state index contributed by atoms with van der Waals surface area (Å²) in [5.74, 6) is 0. The highest BCUT2D eigenvalue weighted by Crippen LogP contribution is 2.09. The number of hydrogen-bond acceptors (Lipinski definition) is 3. The Morgan fingerprint density at radius 3 is 1.69 bits per heavy atom. The highest BCUT2D eigenvalue weighted by molar-refractivity contribution is 4.89. The van der Waals surface area contributed by atoms with Crippen LogP contribution in [0.3, 0.4) is 0 Å². The monoisotopic (exact) mass is 368 g/mol. The molecule has 0 aliphatic heterocycles. The summed E-state index contributed by atoms with van der Waals surface area (Å²) in [6.45, 7) is 11.5. The molecule has 1 N–H and O–H groups in total. The summed E-state index contributed by atoms with van der Waals surface area (Å²) >= 11 is 0. The van der Waals surface area contributed by atoms with Gasteiger partial charge in [0, 0.05) is 12.2 Å². The smallest absolute Gasteiger partial charge is 0.101 e. The quantitative estimate of drug-likeness (QED) is 0.196. The van der Waals surface area contributed by atoms with Crippen molar-refractivity contribution < 1.29 is 4.74 Å². The molecule has 3 heteroatoms. The lowest BCUT2D eigenvalue weighted by atomic mass is 10.1.